The van der Waals surface area contributed by atoms with Crippen molar-refractivity contribution in [1.82, 2.24) is 14.8 Å². The van der Waals surface area contributed by atoms with E-state index in [2.05, 4.69) is 38.1 Å². The minimum Gasteiger partial charge on any atom is -0.453 e. The minimum absolute atomic E-state index is 0.0738. The molecule has 0 aliphatic rings. The van der Waals surface area contributed by atoms with Gasteiger partial charge in [-0.2, -0.15) is 0 Å². The highest BCUT2D eigenvalue weighted by Crippen LogP contribution is 2.29. The van der Waals surface area contributed by atoms with Crippen molar-refractivity contribution in [3.8, 4) is 11.6 Å². The van der Waals surface area contributed by atoms with Crippen LogP contribution in [0.2, 0.25) is 0 Å². The second-order valence-electron chi connectivity index (χ2n) is 6.50. The Morgan fingerprint density at radius 3 is 2.79 bits per heavy atom. The van der Waals surface area contributed by atoms with Crippen molar-refractivity contribution < 1.29 is 9.21 Å². The number of aromatic nitrogens is 3. The first kappa shape index (κ1) is 20.0. The van der Waals surface area contributed by atoms with Crippen LogP contribution < -0.4 is 5.32 Å². The molecule has 4 rings (SSSR count). The summed E-state index contributed by atoms with van der Waals surface area (Å²) in [5.74, 6) is 1.52. The molecular weight excluding hydrogens is 499 g/mol. The summed E-state index contributed by atoms with van der Waals surface area (Å²) >= 11 is 3.62. The van der Waals surface area contributed by atoms with Gasteiger partial charge in [0.15, 0.2) is 10.9 Å². The molecule has 0 radical (unpaired) electrons. The van der Waals surface area contributed by atoms with Crippen molar-refractivity contribution in [3.05, 3.63) is 57.7 Å². The lowest BCUT2D eigenvalue weighted by molar-refractivity contribution is -0.113. The van der Waals surface area contributed by atoms with E-state index in [1.165, 1.54) is 11.8 Å². The second-order valence-corrected chi connectivity index (χ2v) is 8.68. The number of amides is 1. The summed E-state index contributed by atoms with van der Waals surface area (Å²) in [4.78, 5) is 12.4. The zero-order valence-corrected chi connectivity index (χ0v) is 19.0. The number of furan rings is 1. The Kier molecular flexibility index (Phi) is 5.91. The van der Waals surface area contributed by atoms with Gasteiger partial charge in [-0.3, -0.25) is 9.36 Å². The Morgan fingerprint density at radius 2 is 2.03 bits per heavy atom. The number of aryl methyl sites for hydroxylation is 1. The third-order valence-electron chi connectivity index (χ3n) is 4.47. The van der Waals surface area contributed by atoms with Crippen molar-refractivity contribution in [2.24, 2.45) is 0 Å². The van der Waals surface area contributed by atoms with Crippen LogP contribution in [0.4, 0.5) is 5.69 Å². The fourth-order valence-corrected chi connectivity index (χ4v) is 4.49. The van der Waals surface area contributed by atoms with E-state index < -0.39 is 0 Å². The summed E-state index contributed by atoms with van der Waals surface area (Å²) in [6.45, 7) is 4.69. The number of rotatable bonds is 6. The van der Waals surface area contributed by atoms with Crippen LogP contribution in [0.25, 0.3) is 22.6 Å². The second kappa shape index (κ2) is 8.58. The Bertz CT molecular complexity index is 1150. The Balaban J connectivity index is 1.48. The molecule has 2 heterocycles. The lowest BCUT2D eigenvalue weighted by atomic mass is 10.2. The van der Waals surface area contributed by atoms with E-state index >= 15 is 0 Å². The first-order valence-corrected chi connectivity index (χ1v) is 11.2. The van der Waals surface area contributed by atoms with Gasteiger partial charge < -0.3 is 9.73 Å². The molecule has 148 valence electrons. The van der Waals surface area contributed by atoms with Crippen molar-refractivity contribution in [1.29, 1.82) is 0 Å². The number of carbonyl (C=O) groups is 1. The summed E-state index contributed by atoms with van der Waals surface area (Å²) in [7, 11) is 0. The van der Waals surface area contributed by atoms with Crippen molar-refractivity contribution in [3.63, 3.8) is 0 Å². The van der Waals surface area contributed by atoms with Gasteiger partial charge in [-0.25, -0.2) is 0 Å². The first-order valence-electron chi connectivity index (χ1n) is 9.16. The van der Waals surface area contributed by atoms with E-state index in [-0.39, 0.29) is 11.7 Å². The van der Waals surface area contributed by atoms with Crippen LogP contribution in [0, 0.1) is 10.5 Å². The molecule has 1 amide bonds. The number of nitrogens with one attached hydrogen (secondary N) is 1. The molecule has 1 N–H and O–H groups in total. The summed E-state index contributed by atoms with van der Waals surface area (Å²) in [5.41, 5.74) is 2.68. The van der Waals surface area contributed by atoms with Crippen molar-refractivity contribution in [2.45, 2.75) is 25.5 Å². The number of thioether (sulfide) groups is 1. The third kappa shape index (κ3) is 4.32. The number of halogens is 1. The maximum absolute atomic E-state index is 12.4. The largest absolute Gasteiger partial charge is 0.453 e. The van der Waals surface area contributed by atoms with Crippen molar-refractivity contribution >= 4 is 56.9 Å². The van der Waals surface area contributed by atoms with Gasteiger partial charge in [0.2, 0.25) is 11.7 Å². The van der Waals surface area contributed by atoms with Gasteiger partial charge in [0, 0.05) is 21.2 Å². The molecule has 0 aliphatic carbocycles. The predicted octanol–water partition coefficient (Wildman–Crippen LogP) is 5.36. The van der Waals surface area contributed by atoms with E-state index in [4.69, 9.17) is 4.42 Å². The van der Waals surface area contributed by atoms with Crippen LogP contribution in [0.5, 0.6) is 0 Å². The zero-order chi connectivity index (χ0) is 20.4. The zero-order valence-electron chi connectivity index (χ0n) is 16.0. The molecule has 0 spiro atoms. The number of anilines is 1. The van der Waals surface area contributed by atoms with Gasteiger partial charge in [-0.05, 0) is 72.3 Å². The lowest BCUT2D eigenvalue weighted by Crippen LogP contribution is -2.15. The van der Waals surface area contributed by atoms with E-state index in [9.17, 15) is 4.79 Å². The summed E-state index contributed by atoms with van der Waals surface area (Å²) in [6, 6.07) is 15.7. The van der Waals surface area contributed by atoms with Gasteiger partial charge in [-0.1, -0.05) is 30.0 Å². The highest BCUT2D eigenvalue weighted by atomic mass is 127. The van der Waals surface area contributed by atoms with Crippen LogP contribution in [0.1, 0.15) is 12.5 Å². The van der Waals surface area contributed by atoms with E-state index in [0.717, 1.165) is 25.8 Å². The topological polar surface area (TPSA) is 73.0 Å². The van der Waals surface area contributed by atoms with Crippen LogP contribution in [0.15, 0.2) is 58.1 Å². The first-order chi connectivity index (χ1) is 14.0. The number of nitrogens with zero attached hydrogens (tertiary/aromatic N) is 3. The smallest absolute Gasteiger partial charge is 0.234 e. The molecule has 0 fully saturated rings. The maximum Gasteiger partial charge on any atom is 0.234 e. The summed E-state index contributed by atoms with van der Waals surface area (Å²) in [6.07, 6.45) is 0. The van der Waals surface area contributed by atoms with Gasteiger partial charge in [0.1, 0.15) is 5.58 Å². The van der Waals surface area contributed by atoms with Gasteiger partial charge in [-0.15, -0.1) is 10.2 Å². The van der Waals surface area contributed by atoms with Crippen molar-refractivity contribution in [2.75, 3.05) is 11.1 Å². The Hall–Kier alpha value is -2.33. The number of benzene rings is 2. The quantitative estimate of drug-likeness (QED) is 0.275. The Morgan fingerprint density at radius 1 is 1.21 bits per heavy atom. The van der Waals surface area contributed by atoms with Crippen LogP contribution >= 0.6 is 34.4 Å². The maximum atomic E-state index is 12.4. The molecule has 29 heavy (non-hydrogen) atoms. The fourth-order valence-electron chi connectivity index (χ4n) is 3.04. The third-order valence-corrected chi connectivity index (χ3v) is 6.11. The van der Waals surface area contributed by atoms with Crippen LogP contribution in [0.3, 0.4) is 0 Å². The molecule has 0 bridgehead atoms. The van der Waals surface area contributed by atoms with E-state index in [1.807, 2.05) is 66.9 Å². The standard InChI is InChI=1S/C21H19IN4O2S/c1-3-26-20(18-11-14-6-4-5-7-17(14)28-18)24-25-21(26)29-12-19(27)23-16-9-8-15(22)10-13(16)2/h4-11H,3,12H2,1-2H3,(H,23,27). The van der Waals surface area contributed by atoms with Gasteiger partial charge >= 0.3 is 0 Å². The highest BCUT2D eigenvalue weighted by molar-refractivity contribution is 14.1. The number of hydrogen-bond donors (Lipinski definition) is 1. The molecule has 2 aromatic heterocycles. The molecule has 0 aliphatic heterocycles. The summed E-state index contributed by atoms with van der Waals surface area (Å²) in [5, 5.41) is 13.3. The fraction of sp³-hybridized carbons (Fsp3) is 0.190. The number of para-hydroxylation sites is 1. The minimum atomic E-state index is -0.0738. The summed E-state index contributed by atoms with van der Waals surface area (Å²) < 4.78 is 9.03. The predicted molar refractivity (Wildman–Crippen MR) is 124 cm³/mol. The van der Waals surface area contributed by atoms with Crippen LogP contribution in [-0.4, -0.2) is 26.4 Å². The normalized spacial score (nSPS) is 11.1. The molecule has 6 nitrogen and oxygen atoms in total. The average Bonchev–Trinajstić information content (AvgIpc) is 3.31. The monoisotopic (exact) mass is 518 g/mol. The molecule has 2 aromatic carbocycles. The lowest BCUT2D eigenvalue weighted by Gasteiger charge is -2.09. The van der Waals surface area contributed by atoms with Crippen LogP contribution in [-0.2, 0) is 11.3 Å². The Labute approximate surface area is 186 Å². The molecular formula is C21H19IN4O2S. The average molecular weight is 518 g/mol. The molecule has 0 atom stereocenters. The molecule has 0 unspecified atom stereocenters. The van der Waals surface area contributed by atoms with E-state index in [0.29, 0.717) is 23.3 Å². The molecule has 4 aromatic rings. The molecule has 0 saturated heterocycles. The number of hydrogen-bond acceptors (Lipinski definition) is 5. The van der Waals surface area contributed by atoms with Gasteiger partial charge in [0.05, 0.1) is 5.75 Å². The highest BCUT2D eigenvalue weighted by Gasteiger charge is 2.18. The number of fused-ring (bicyclic) bond motifs is 1. The van der Waals surface area contributed by atoms with E-state index in [1.54, 1.807) is 0 Å². The molecule has 8 heteroatoms. The van der Waals surface area contributed by atoms with Gasteiger partial charge in [0.25, 0.3) is 0 Å². The molecule has 0 saturated carbocycles. The number of carbonyl (C=O) groups excluding carboxylic acids is 1. The SMILES string of the molecule is CCn1c(SCC(=O)Nc2ccc(I)cc2C)nnc1-c1cc2ccccc2o1.